The van der Waals surface area contributed by atoms with Gasteiger partial charge in [0, 0.05) is 22.7 Å². The lowest BCUT2D eigenvalue weighted by Crippen LogP contribution is -2.14. The molecule has 0 radical (unpaired) electrons. The molecule has 0 saturated heterocycles. The Hall–Kier alpha value is -2.73. The van der Waals surface area contributed by atoms with Crippen LogP contribution in [0.2, 0.25) is 0 Å². The Morgan fingerprint density at radius 2 is 2.08 bits per heavy atom. The first-order valence-electron chi connectivity index (χ1n) is 7.28. The van der Waals surface area contributed by atoms with E-state index in [2.05, 4.69) is 10.3 Å². The van der Waals surface area contributed by atoms with Crippen LogP contribution in [0, 0.1) is 5.82 Å². The second-order valence-electron chi connectivity index (χ2n) is 5.11. The molecule has 6 heteroatoms. The molecule has 0 bridgehead atoms. The normalized spacial score (nSPS) is 10.4. The van der Waals surface area contributed by atoms with E-state index in [4.69, 9.17) is 4.74 Å². The highest BCUT2D eigenvalue weighted by Crippen LogP contribution is 2.24. The zero-order valence-electron chi connectivity index (χ0n) is 13.0. The number of methoxy groups -OCH3 is 1. The van der Waals surface area contributed by atoms with Crippen molar-refractivity contribution in [3.63, 3.8) is 0 Å². The van der Waals surface area contributed by atoms with Crippen LogP contribution in [0.3, 0.4) is 0 Å². The third kappa shape index (κ3) is 3.97. The second-order valence-corrected chi connectivity index (χ2v) is 5.97. The van der Waals surface area contributed by atoms with Crippen LogP contribution in [0.4, 0.5) is 10.1 Å². The molecule has 122 valence electrons. The van der Waals surface area contributed by atoms with Crippen molar-refractivity contribution in [2.24, 2.45) is 0 Å². The van der Waals surface area contributed by atoms with Gasteiger partial charge in [0.2, 0.25) is 5.91 Å². The molecule has 1 amide bonds. The number of ether oxygens (including phenoxy) is 1. The first-order chi connectivity index (χ1) is 11.6. The number of amides is 1. The molecule has 3 aromatic rings. The first-order valence-corrected chi connectivity index (χ1v) is 8.16. The van der Waals surface area contributed by atoms with E-state index in [9.17, 15) is 9.18 Å². The highest BCUT2D eigenvalue weighted by molar-refractivity contribution is 7.13. The summed E-state index contributed by atoms with van der Waals surface area (Å²) in [6.45, 7) is 0. The van der Waals surface area contributed by atoms with Crippen LogP contribution in [-0.2, 0) is 11.2 Å². The Balaban J connectivity index is 1.67. The van der Waals surface area contributed by atoms with E-state index in [-0.39, 0.29) is 18.1 Å². The number of nitrogens with one attached hydrogen (secondary N) is 1. The minimum atomic E-state index is -0.306. The van der Waals surface area contributed by atoms with Crippen molar-refractivity contribution in [1.82, 2.24) is 4.98 Å². The zero-order chi connectivity index (χ0) is 16.9. The molecule has 0 aliphatic heterocycles. The maximum atomic E-state index is 13.3. The fourth-order valence-electron chi connectivity index (χ4n) is 2.21. The lowest BCUT2D eigenvalue weighted by Gasteiger charge is -2.06. The van der Waals surface area contributed by atoms with Crippen LogP contribution in [0.1, 0.15) is 5.69 Å². The molecule has 3 rings (SSSR count). The summed E-state index contributed by atoms with van der Waals surface area (Å²) in [7, 11) is 1.57. The summed E-state index contributed by atoms with van der Waals surface area (Å²) in [5.74, 6) is 0.203. The van der Waals surface area contributed by atoms with Gasteiger partial charge >= 0.3 is 0 Å². The van der Waals surface area contributed by atoms with Crippen LogP contribution in [-0.4, -0.2) is 18.0 Å². The average molecular weight is 342 g/mol. The predicted octanol–water partition coefficient (Wildman–Crippen LogP) is 4.14. The molecule has 2 aromatic carbocycles. The van der Waals surface area contributed by atoms with E-state index in [0.29, 0.717) is 27.7 Å². The van der Waals surface area contributed by atoms with Gasteiger partial charge in [-0.25, -0.2) is 9.37 Å². The highest BCUT2D eigenvalue weighted by Gasteiger charge is 2.10. The molecule has 24 heavy (non-hydrogen) atoms. The molecule has 0 aliphatic carbocycles. The number of thiazole rings is 1. The minimum Gasteiger partial charge on any atom is -0.497 e. The van der Waals surface area contributed by atoms with Gasteiger partial charge in [-0.3, -0.25) is 4.79 Å². The largest absolute Gasteiger partial charge is 0.497 e. The van der Waals surface area contributed by atoms with Crippen LogP contribution >= 0.6 is 11.3 Å². The number of carbonyl (C=O) groups is 1. The van der Waals surface area contributed by atoms with E-state index >= 15 is 0 Å². The van der Waals surface area contributed by atoms with Crippen molar-refractivity contribution in [2.75, 3.05) is 12.4 Å². The first kappa shape index (κ1) is 16.1. The minimum absolute atomic E-state index is 0.156. The van der Waals surface area contributed by atoms with E-state index in [0.717, 1.165) is 0 Å². The van der Waals surface area contributed by atoms with Gasteiger partial charge in [0.25, 0.3) is 0 Å². The smallest absolute Gasteiger partial charge is 0.230 e. The summed E-state index contributed by atoms with van der Waals surface area (Å²) in [6.07, 6.45) is 0.156. The Kier molecular flexibility index (Phi) is 4.86. The van der Waals surface area contributed by atoms with Crippen LogP contribution in [0.25, 0.3) is 10.6 Å². The molecule has 1 aromatic heterocycles. The number of hydrogen-bond donors (Lipinski definition) is 1. The molecule has 0 unspecified atom stereocenters. The molecular formula is C18H15FN2O2S. The molecular weight excluding hydrogens is 327 g/mol. The topological polar surface area (TPSA) is 51.2 Å². The van der Waals surface area contributed by atoms with Crippen LogP contribution in [0.15, 0.2) is 53.9 Å². The Labute approximate surface area is 142 Å². The van der Waals surface area contributed by atoms with E-state index in [1.165, 1.54) is 23.5 Å². The van der Waals surface area contributed by atoms with Gasteiger partial charge in [-0.1, -0.05) is 18.2 Å². The number of anilines is 1. The van der Waals surface area contributed by atoms with Gasteiger partial charge < -0.3 is 10.1 Å². The molecule has 1 heterocycles. The molecule has 0 saturated carbocycles. The van der Waals surface area contributed by atoms with Crippen LogP contribution < -0.4 is 10.1 Å². The van der Waals surface area contributed by atoms with Crippen molar-refractivity contribution < 1.29 is 13.9 Å². The van der Waals surface area contributed by atoms with Crippen molar-refractivity contribution in [1.29, 1.82) is 0 Å². The summed E-state index contributed by atoms with van der Waals surface area (Å²) in [5.41, 5.74) is 2.03. The molecule has 4 nitrogen and oxygen atoms in total. The quantitative estimate of drug-likeness (QED) is 0.758. The molecule has 0 aliphatic rings. The average Bonchev–Trinajstić information content (AvgIpc) is 3.03. The summed E-state index contributed by atoms with van der Waals surface area (Å²) < 4.78 is 18.4. The second kappa shape index (κ2) is 7.23. The lowest BCUT2D eigenvalue weighted by atomic mass is 10.2. The van der Waals surface area contributed by atoms with Crippen LogP contribution in [0.5, 0.6) is 5.75 Å². The SMILES string of the molecule is COc1cccc(NC(=O)Cc2csc(-c3cccc(F)c3)n2)c1. The molecule has 0 fully saturated rings. The fraction of sp³-hybridized carbons (Fsp3) is 0.111. The van der Waals surface area contributed by atoms with Gasteiger partial charge in [-0.05, 0) is 24.3 Å². The predicted molar refractivity (Wildman–Crippen MR) is 92.8 cm³/mol. The summed E-state index contributed by atoms with van der Waals surface area (Å²) in [5, 5.41) is 5.31. The van der Waals surface area contributed by atoms with Crippen molar-refractivity contribution >= 4 is 22.9 Å². The molecule has 0 atom stereocenters. The van der Waals surface area contributed by atoms with Gasteiger partial charge in [-0.15, -0.1) is 11.3 Å². The third-order valence-corrected chi connectivity index (χ3v) is 4.26. The van der Waals surface area contributed by atoms with E-state index in [1.54, 1.807) is 43.5 Å². The van der Waals surface area contributed by atoms with Gasteiger partial charge in [0.15, 0.2) is 0 Å². The summed E-state index contributed by atoms with van der Waals surface area (Å²) in [6, 6.07) is 13.4. The number of rotatable bonds is 5. The summed E-state index contributed by atoms with van der Waals surface area (Å²) >= 11 is 1.39. The van der Waals surface area contributed by atoms with Gasteiger partial charge in [0.05, 0.1) is 19.2 Å². The maximum Gasteiger partial charge on any atom is 0.230 e. The number of hydrogen-bond acceptors (Lipinski definition) is 4. The number of aromatic nitrogens is 1. The fourth-order valence-corrected chi connectivity index (χ4v) is 3.03. The van der Waals surface area contributed by atoms with E-state index in [1.807, 2.05) is 5.38 Å². The standard InChI is InChI=1S/C18H15FN2O2S/c1-23-16-7-3-6-14(9-16)20-17(22)10-15-11-24-18(21-15)12-4-2-5-13(19)8-12/h2-9,11H,10H2,1H3,(H,20,22). The Bertz CT molecular complexity index is 863. The number of benzene rings is 2. The zero-order valence-corrected chi connectivity index (χ0v) is 13.8. The highest BCUT2D eigenvalue weighted by atomic mass is 32.1. The van der Waals surface area contributed by atoms with E-state index < -0.39 is 0 Å². The molecule has 0 spiro atoms. The van der Waals surface area contributed by atoms with Crippen molar-refractivity contribution in [3.05, 3.63) is 65.4 Å². The lowest BCUT2D eigenvalue weighted by molar-refractivity contribution is -0.115. The third-order valence-electron chi connectivity index (χ3n) is 3.32. The molecule has 1 N–H and O–H groups in total. The number of nitrogens with zero attached hydrogens (tertiary/aromatic N) is 1. The Morgan fingerprint density at radius 1 is 1.25 bits per heavy atom. The maximum absolute atomic E-state index is 13.3. The Morgan fingerprint density at radius 3 is 2.88 bits per heavy atom. The van der Waals surface area contributed by atoms with Gasteiger partial charge in [-0.2, -0.15) is 0 Å². The number of halogens is 1. The van der Waals surface area contributed by atoms with Crippen molar-refractivity contribution in [3.8, 4) is 16.3 Å². The van der Waals surface area contributed by atoms with Gasteiger partial charge in [0.1, 0.15) is 16.6 Å². The monoisotopic (exact) mass is 342 g/mol. The number of carbonyl (C=O) groups excluding carboxylic acids is 1. The van der Waals surface area contributed by atoms with Crippen molar-refractivity contribution in [2.45, 2.75) is 6.42 Å². The summed E-state index contributed by atoms with van der Waals surface area (Å²) in [4.78, 5) is 16.5.